The van der Waals surface area contributed by atoms with Crippen molar-refractivity contribution >= 4 is 17.4 Å². The third-order valence-electron chi connectivity index (χ3n) is 3.45. The normalized spacial score (nSPS) is 22.1. The molecule has 0 saturated carbocycles. The highest BCUT2D eigenvalue weighted by Gasteiger charge is 2.25. The summed E-state index contributed by atoms with van der Waals surface area (Å²) in [6, 6.07) is 7.43. The SMILES string of the molecule is CC(=O)[C@@H](CN1CC[C@@H](O)C1)c1ccc(Cl)cc1. The minimum atomic E-state index is -0.247. The third-order valence-corrected chi connectivity index (χ3v) is 3.70. The van der Waals surface area contributed by atoms with Crippen LogP contribution in [0.5, 0.6) is 0 Å². The number of nitrogens with zero attached hydrogens (tertiary/aromatic N) is 1. The Balaban J connectivity index is 2.08. The number of halogens is 1. The molecule has 18 heavy (non-hydrogen) atoms. The van der Waals surface area contributed by atoms with Crippen LogP contribution in [0.15, 0.2) is 24.3 Å². The van der Waals surface area contributed by atoms with Crippen molar-refractivity contribution in [1.29, 1.82) is 0 Å². The summed E-state index contributed by atoms with van der Waals surface area (Å²) in [6.45, 7) is 3.82. The molecule has 0 amide bonds. The van der Waals surface area contributed by atoms with Gasteiger partial charge < -0.3 is 5.11 Å². The van der Waals surface area contributed by atoms with E-state index in [1.54, 1.807) is 6.92 Å². The Hall–Kier alpha value is -0.900. The van der Waals surface area contributed by atoms with Gasteiger partial charge in [0.05, 0.1) is 12.0 Å². The molecule has 0 spiro atoms. The molecule has 4 heteroatoms. The van der Waals surface area contributed by atoms with Gasteiger partial charge in [0, 0.05) is 24.7 Å². The van der Waals surface area contributed by atoms with Gasteiger partial charge in [-0.25, -0.2) is 0 Å². The maximum atomic E-state index is 11.8. The zero-order valence-corrected chi connectivity index (χ0v) is 11.2. The van der Waals surface area contributed by atoms with Gasteiger partial charge in [-0.05, 0) is 31.0 Å². The minimum absolute atomic E-state index is 0.132. The molecule has 0 bridgehead atoms. The van der Waals surface area contributed by atoms with Gasteiger partial charge in [-0.15, -0.1) is 0 Å². The van der Waals surface area contributed by atoms with E-state index < -0.39 is 0 Å². The lowest BCUT2D eigenvalue weighted by molar-refractivity contribution is -0.118. The second-order valence-corrected chi connectivity index (χ2v) is 5.35. The Bertz CT molecular complexity index is 418. The molecule has 0 aromatic heterocycles. The molecule has 1 aromatic carbocycles. The summed E-state index contributed by atoms with van der Waals surface area (Å²) >= 11 is 5.86. The molecule has 2 atom stereocenters. The number of benzene rings is 1. The van der Waals surface area contributed by atoms with E-state index in [4.69, 9.17) is 11.6 Å². The Morgan fingerprint density at radius 3 is 2.67 bits per heavy atom. The monoisotopic (exact) mass is 267 g/mol. The van der Waals surface area contributed by atoms with Crippen molar-refractivity contribution in [3.05, 3.63) is 34.9 Å². The molecular weight excluding hydrogens is 250 g/mol. The van der Waals surface area contributed by atoms with E-state index in [2.05, 4.69) is 4.90 Å². The molecule has 98 valence electrons. The lowest BCUT2D eigenvalue weighted by atomic mass is 9.95. The molecule has 1 aromatic rings. The summed E-state index contributed by atoms with van der Waals surface area (Å²) in [5.74, 6) is 0.0197. The summed E-state index contributed by atoms with van der Waals surface area (Å²) in [7, 11) is 0. The van der Waals surface area contributed by atoms with Crippen molar-refractivity contribution in [2.45, 2.75) is 25.4 Å². The van der Waals surface area contributed by atoms with E-state index in [9.17, 15) is 9.90 Å². The molecule has 0 aliphatic carbocycles. The summed E-state index contributed by atoms with van der Waals surface area (Å²) in [6.07, 6.45) is 0.549. The second-order valence-electron chi connectivity index (χ2n) is 4.92. The van der Waals surface area contributed by atoms with Crippen LogP contribution >= 0.6 is 11.6 Å². The molecule has 1 aliphatic heterocycles. The second kappa shape index (κ2) is 5.83. The average Bonchev–Trinajstić information content (AvgIpc) is 2.73. The van der Waals surface area contributed by atoms with E-state index in [1.807, 2.05) is 24.3 Å². The van der Waals surface area contributed by atoms with Crippen LogP contribution in [0.4, 0.5) is 0 Å². The first-order valence-corrected chi connectivity index (χ1v) is 6.60. The van der Waals surface area contributed by atoms with Crippen molar-refractivity contribution in [3.8, 4) is 0 Å². The number of Topliss-reactive ketones (excluding diaryl/α,β-unsaturated/α-hetero) is 1. The molecule has 1 saturated heterocycles. The zero-order chi connectivity index (χ0) is 13.1. The molecule has 3 nitrogen and oxygen atoms in total. The predicted molar refractivity (Wildman–Crippen MR) is 71.9 cm³/mol. The first-order chi connectivity index (χ1) is 8.56. The molecule has 1 aliphatic rings. The maximum absolute atomic E-state index is 11.8. The van der Waals surface area contributed by atoms with Crippen LogP contribution in [0.1, 0.15) is 24.8 Å². The van der Waals surface area contributed by atoms with E-state index >= 15 is 0 Å². The van der Waals surface area contributed by atoms with Crippen LogP contribution in [-0.4, -0.2) is 41.5 Å². The van der Waals surface area contributed by atoms with E-state index in [0.29, 0.717) is 18.1 Å². The third kappa shape index (κ3) is 3.31. The predicted octanol–water partition coefficient (Wildman–Crippen LogP) is 2.08. The number of carbonyl (C=O) groups is 1. The standard InChI is InChI=1S/C14H18ClNO2/c1-10(17)14(9-16-7-6-13(18)8-16)11-2-4-12(15)5-3-11/h2-5,13-14,18H,6-9H2,1H3/t13-,14-/m1/s1. The molecule has 0 radical (unpaired) electrons. The number of likely N-dealkylation sites (tertiary alicyclic amines) is 1. The van der Waals surface area contributed by atoms with Gasteiger partial charge in [0.1, 0.15) is 5.78 Å². The Kier molecular flexibility index (Phi) is 4.38. The Morgan fingerprint density at radius 2 is 2.17 bits per heavy atom. The van der Waals surface area contributed by atoms with Crippen LogP contribution in [-0.2, 0) is 4.79 Å². The number of ketones is 1. The summed E-state index contributed by atoms with van der Waals surface area (Å²) < 4.78 is 0. The highest BCUT2D eigenvalue weighted by Crippen LogP contribution is 2.22. The summed E-state index contributed by atoms with van der Waals surface area (Å²) in [4.78, 5) is 13.9. The van der Waals surface area contributed by atoms with Gasteiger partial charge in [0.2, 0.25) is 0 Å². The highest BCUT2D eigenvalue weighted by atomic mass is 35.5. The highest BCUT2D eigenvalue weighted by molar-refractivity contribution is 6.30. The largest absolute Gasteiger partial charge is 0.392 e. The minimum Gasteiger partial charge on any atom is -0.392 e. The first kappa shape index (κ1) is 13.5. The van der Waals surface area contributed by atoms with Gasteiger partial charge in [-0.1, -0.05) is 23.7 Å². The van der Waals surface area contributed by atoms with Crippen molar-refractivity contribution in [3.63, 3.8) is 0 Å². The summed E-state index contributed by atoms with van der Waals surface area (Å²) in [5, 5.41) is 10.2. The Morgan fingerprint density at radius 1 is 1.50 bits per heavy atom. The smallest absolute Gasteiger partial charge is 0.138 e. The molecule has 1 heterocycles. The van der Waals surface area contributed by atoms with E-state index in [0.717, 1.165) is 18.5 Å². The molecule has 1 N–H and O–H groups in total. The molecule has 2 rings (SSSR count). The van der Waals surface area contributed by atoms with Crippen LogP contribution in [0.2, 0.25) is 5.02 Å². The van der Waals surface area contributed by atoms with E-state index in [1.165, 1.54) is 0 Å². The van der Waals surface area contributed by atoms with Crippen LogP contribution in [0.25, 0.3) is 0 Å². The first-order valence-electron chi connectivity index (χ1n) is 6.22. The number of rotatable bonds is 4. The van der Waals surface area contributed by atoms with Crippen molar-refractivity contribution in [1.82, 2.24) is 4.90 Å². The van der Waals surface area contributed by atoms with Crippen molar-refractivity contribution < 1.29 is 9.90 Å². The van der Waals surface area contributed by atoms with Gasteiger partial charge in [-0.2, -0.15) is 0 Å². The van der Waals surface area contributed by atoms with Gasteiger partial charge >= 0.3 is 0 Å². The lowest BCUT2D eigenvalue weighted by Gasteiger charge is -2.22. The molecule has 1 fully saturated rings. The van der Waals surface area contributed by atoms with E-state index in [-0.39, 0.29) is 17.8 Å². The number of carbonyl (C=O) groups excluding carboxylic acids is 1. The van der Waals surface area contributed by atoms with Crippen molar-refractivity contribution in [2.75, 3.05) is 19.6 Å². The fourth-order valence-electron chi connectivity index (χ4n) is 2.40. The number of hydrogen-bond acceptors (Lipinski definition) is 3. The Labute approximate surface area is 112 Å². The average molecular weight is 268 g/mol. The summed E-state index contributed by atoms with van der Waals surface area (Å²) in [5.41, 5.74) is 0.994. The topological polar surface area (TPSA) is 40.5 Å². The molecule has 0 unspecified atom stereocenters. The van der Waals surface area contributed by atoms with Gasteiger partial charge in [0.25, 0.3) is 0 Å². The number of hydrogen-bond donors (Lipinski definition) is 1. The number of aliphatic hydroxyl groups excluding tert-OH is 1. The molecular formula is C14H18ClNO2. The van der Waals surface area contributed by atoms with Crippen LogP contribution < -0.4 is 0 Å². The number of aliphatic hydroxyl groups is 1. The fourth-order valence-corrected chi connectivity index (χ4v) is 2.53. The quantitative estimate of drug-likeness (QED) is 0.908. The maximum Gasteiger partial charge on any atom is 0.138 e. The van der Waals surface area contributed by atoms with Crippen molar-refractivity contribution in [2.24, 2.45) is 0 Å². The van der Waals surface area contributed by atoms with Gasteiger partial charge in [0.15, 0.2) is 0 Å². The zero-order valence-electron chi connectivity index (χ0n) is 10.5. The van der Waals surface area contributed by atoms with Crippen LogP contribution in [0.3, 0.4) is 0 Å². The fraction of sp³-hybridized carbons (Fsp3) is 0.500. The number of β-amino-alcohol motifs (C(OH)–C–C–N with tert-alkyl or cyclic N) is 1. The van der Waals surface area contributed by atoms with Crippen LogP contribution in [0, 0.1) is 0 Å². The van der Waals surface area contributed by atoms with Gasteiger partial charge in [-0.3, -0.25) is 9.69 Å². The lowest BCUT2D eigenvalue weighted by Crippen LogP contribution is -2.30.